The Morgan fingerprint density at radius 2 is 2.11 bits per heavy atom. The van der Waals surface area contributed by atoms with Crippen molar-refractivity contribution in [2.45, 2.75) is 39.2 Å². The fraction of sp³-hybridized carbons (Fsp3) is 0.438. The van der Waals surface area contributed by atoms with Gasteiger partial charge in [0.05, 0.1) is 6.54 Å². The van der Waals surface area contributed by atoms with Crippen molar-refractivity contribution in [2.24, 2.45) is 5.73 Å². The summed E-state index contributed by atoms with van der Waals surface area (Å²) in [5, 5.41) is 2.94. The lowest BCUT2D eigenvalue weighted by molar-refractivity contribution is -0.121. The van der Waals surface area contributed by atoms with E-state index in [0.717, 1.165) is 30.4 Å². The third-order valence-corrected chi connectivity index (χ3v) is 2.83. The molecule has 0 atom stereocenters. The van der Waals surface area contributed by atoms with Gasteiger partial charge >= 0.3 is 0 Å². The van der Waals surface area contributed by atoms with Gasteiger partial charge in [0.15, 0.2) is 0 Å². The average Bonchev–Trinajstić information content (AvgIpc) is 2.44. The van der Waals surface area contributed by atoms with E-state index in [1.807, 2.05) is 24.3 Å². The van der Waals surface area contributed by atoms with Crippen LogP contribution in [0.1, 0.15) is 43.7 Å². The number of nitrogens with two attached hydrogens (primary N) is 1. The van der Waals surface area contributed by atoms with E-state index in [0.29, 0.717) is 19.5 Å². The molecule has 0 aromatic heterocycles. The van der Waals surface area contributed by atoms with Crippen molar-refractivity contribution in [2.75, 3.05) is 6.54 Å². The van der Waals surface area contributed by atoms with Crippen molar-refractivity contribution in [3.05, 3.63) is 35.4 Å². The first-order valence-corrected chi connectivity index (χ1v) is 6.81. The Balaban J connectivity index is 2.50. The standard InChI is InChI=1S/C16H22N2O/c1-2-3-4-11-16(19)18-13-15-9-6-5-8-14(15)10-7-12-17/h5-6,8-9H,2-4,11-13,17H2,1H3,(H,18,19). The van der Waals surface area contributed by atoms with E-state index < -0.39 is 0 Å². The molecule has 1 amide bonds. The van der Waals surface area contributed by atoms with Crippen molar-refractivity contribution in [1.82, 2.24) is 5.32 Å². The zero-order valence-electron chi connectivity index (χ0n) is 11.5. The van der Waals surface area contributed by atoms with E-state index in [-0.39, 0.29) is 5.91 Å². The maximum absolute atomic E-state index is 11.6. The number of hydrogen-bond acceptors (Lipinski definition) is 2. The van der Waals surface area contributed by atoms with Crippen molar-refractivity contribution in [3.63, 3.8) is 0 Å². The van der Waals surface area contributed by atoms with Gasteiger partial charge in [0.2, 0.25) is 5.91 Å². The van der Waals surface area contributed by atoms with Crippen LogP contribution in [0.4, 0.5) is 0 Å². The van der Waals surface area contributed by atoms with Gasteiger partial charge in [0, 0.05) is 18.5 Å². The molecule has 0 aliphatic heterocycles. The summed E-state index contributed by atoms with van der Waals surface area (Å²) >= 11 is 0. The lowest BCUT2D eigenvalue weighted by Gasteiger charge is -2.07. The summed E-state index contributed by atoms with van der Waals surface area (Å²) in [6.07, 6.45) is 3.79. The minimum absolute atomic E-state index is 0.107. The Hall–Kier alpha value is -1.79. The quantitative estimate of drug-likeness (QED) is 0.607. The van der Waals surface area contributed by atoms with E-state index >= 15 is 0 Å². The molecule has 19 heavy (non-hydrogen) atoms. The van der Waals surface area contributed by atoms with Gasteiger partial charge in [-0.1, -0.05) is 49.8 Å². The van der Waals surface area contributed by atoms with Gasteiger partial charge in [0.25, 0.3) is 0 Å². The van der Waals surface area contributed by atoms with Gasteiger partial charge in [-0.3, -0.25) is 4.79 Å². The Kier molecular flexibility index (Phi) is 7.38. The highest BCUT2D eigenvalue weighted by Crippen LogP contribution is 2.07. The molecule has 0 spiro atoms. The van der Waals surface area contributed by atoms with Crippen LogP contribution in [-0.4, -0.2) is 12.5 Å². The molecule has 3 heteroatoms. The Labute approximate surface area is 115 Å². The molecule has 1 rings (SSSR count). The second kappa shape index (κ2) is 9.18. The maximum atomic E-state index is 11.6. The van der Waals surface area contributed by atoms with E-state index in [9.17, 15) is 4.79 Å². The zero-order chi connectivity index (χ0) is 13.9. The normalized spacial score (nSPS) is 9.58. The van der Waals surface area contributed by atoms with Gasteiger partial charge in [0.1, 0.15) is 0 Å². The molecule has 0 aliphatic rings. The summed E-state index contributed by atoms with van der Waals surface area (Å²) in [5.41, 5.74) is 7.34. The monoisotopic (exact) mass is 258 g/mol. The van der Waals surface area contributed by atoms with Crippen molar-refractivity contribution >= 4 is 5.91 Å². The highest BCUT2D eigenvalue weighted by atomic mass is 16.1. The summed E-state index contributed by atoms with van der Waals surface area (Å²) in [5.74, 6) is 5.97. The molecule has 3 nitrogen and oxygen atoms in total. The fourth-order valence-corrected chi connectivity index (χ4v) is 1.76. The van der Waals surface area contributed by atoms with Crippen molar-refractivity contribution in [1.29, 1.82) is 0 Å². The molecule has 0 unspecified atom stereocenters. The number of benzene rings is 1. The second-order valence-electron chi connectivity index (χ2n) is 4.40. The Morgan fingerprint density at radius 1 is 1.32 bits per heavy atom. The number of hydrogen-bond donors (Lipinski definition) is 2. The molecule has 102 valence electrons. The van der Waals surface area contributed by atoms with Crippen LogP contribution in [-0.2, 0) is 11.3 Å². The third-order valence-electron chi connectivity index (χ3n) is 2.83. The predicted octanol–water partition coefficient (Wildman–Crippen LogP) is 2.19. The van der Waals surface area contributed by atoms with Crippen LogP contribution in [0.25, 0.3) is 0 Å². The summed E-state index contributed by atoms with van der Waals surface area (Å²) < 4.78 is 0. The lowest BCUT2D eigenvalue weighted by Crippen LogP contribution is -2.22. The second-order valence-corrected chi connectivity index (χ2v) is 4.40. The van der Waals surface area contributed by atoms with Gasteiger partial charge in [-0.25, -0.2) is 0 Å². The van der Waals surface area contributed by atoms with Gasteiger partial charge in [-0.15, -0.1) is 0 Å². The minimum Gasteiger partial charge on any atom is -0.352 e. The number of rotatable bonds is 6. The third kappa shape index (κ3) is 6.08. The fourth-order valence-electron chi connectivity index (χ4n) is 1.76. The SMILES string of the molecule is CCCCCC(=O)NCc1ccccc1C#CCN. The molecule has 0 aliphatic carbocycles. The Bertz CT molecular complexity index is 457. The topological polar surface area (TPSA) is 55.1 Å². The lowest BCUT2D eigenvalue weighted by atomic mass is 10.1. The molecule has 0 bridgehead atoms. The summed E-state index contributed by atoms with van der Waals surface area (Å²) in [7, 11) is 0. The summed E-state index contributed by atoms with van der Waals surface area (Å²) in [6.45, 7) is 3.00. The number of unbranched alkanes of at least 4 members (excludes halogenated alkanes) is 2. The minimum atomic E-state index is 0.107. The highest BCUT2D eigenvalue weighted by Gasteiger charge is 2.03. The molecule has 0 heterocycles. The molecule has 1 aromatic rings. The van der Waals surface area contributed by atoms with Gasteiger partial charge in [-0.05, 0) is 18.1 Å². The first kappa shape index (κ1) is 15.3. The highest BCUT2D eigenvalue weighted by molar-refractivity contribution is 5.75. The smallest absolute Gasteiger partial charge is 0.220 e. The molecule has 1 aromatic carbocycles. The van der Waals surface area contributed by atoms with Crippen LogP contribution >= 0.6 is 0 Å². The van der Waals surface area contributed by atoms with Crippen molar-refractivity contribution < 1.29 is 4.79 Å². The molecule has 3 N–H and O–H groups in total. The molecular formula is C16H22N2O. The number of amides is 1. The van der Waals surface area contributed by atoms with E-state index in [2.05, 4.69) is 24.1 Å². The van der Waals surface area contributed by atoms with Gasteiger partial charge in [-0.2, -0.15) is 0 Å². The largest absolute Gasteiger partial charge is 0.352 e. The number of nitrogens with one attached hydrogen (secondary N) is 1. The van der Waals surface area contributed by atoms with E-state index in [4.69, 9.17) is 5.73 Å². The molecule has 0 saturated heterocycles. The van der Waals surface area contributed by atoms with Crippen molar-refractivity contribution in [3.8, 4) is 11.8 Å². The summed E-state index contributed by atoms with van der Waals surface area (Å²) in [6, 6.07) is 7.81. The van der Waals surface area contributed by atoms with E-state index in [1.54, 1.807) is 0 Å². The van der Waals surface area contributed by atoms with Crippen LogP contribution in [0.2, 0.25) is 0 Å². The maximum Gasteiger partial charge on any atom is 0.220 e. The molecule has 0 radical (unpaired) electrons. The summed E-state index contributed by atoms with van der Waals surface area (Å²) in [4.78, 5) is 11.6. The zero-order valence-corrected chi connectivity index (χ0v) is 11.5. The Morgan fingerprint density at radius 3 is 2.84 bits per heavy atom. The molecular weight excluding hydrogens is 236 g/mol. The van der Waals surface area contributed by atoms with E-state index in [1.165, 1.54) is 0 Å². The van der Waals surface area contributed by atoms with Crippen LogP contribution in [0.15, 0.2) is 24.3 Å². The number of carbonyl (C=O) groups is 1. The van der Waals surface area contributed by atoms with Gasteiger partial charge < -0.3 is 11.1 Å². The molecule has 0 fully saturated rings. The van der Waals surface area contributed by atoms with Crippen LogP contribution in [0.3, 0.4) is 0 Å². The van der Waals surface area contributed by atoms with Crippen LogP contribution in [0, 0.1) is 11.8 Å². The predicted molar refractivity (Wildman–Crippen MR) is 78.4 cm³/mol. The first-order valence-electron chi connectivity index (χ1n) is 6.81. The van der Waals surface area contributed by atoms with Crippen LogP contribution < -0.4 is 11.1 Å². The van der Waals surface area contributed by atoms with Crippen LogP contribution in [0.5, 0.6) is 0 Å². The molecule has 0 saturated carbocycles. The number of carbonyl (C=O) groups excluding carboxylic acids is 1. The first-order chi connectivity index (χ1) is 9.27. The average molecular weight is 258 g/mol.